The molecule has 264 valence electrons. The van der Waals surface area contributed by atoms with E-state index >= 15 is 0 Å². The van der Waals surface area contributed by atoms with Gasteiger partial charge in [0.05, 0.1) is 0 Å². The van der Waals surface area contributed by atoms with Crippen LogP contribution in [0.1, 0.15) is 107 Å². The molecule has 2 aromatic carbocycles. The summed E-state index contributed by atoms with van der Waals surface area (Å²) in [5.41, 5.74) is 4.69. The zero-order chi connectivity index (χ0) is 36.6. The number of carbonyl (C=O) groups excluding carboxylic acids is 3. The van der Waals surface area contributed by atoms with Crippen molar-refractivity contribution in [2.24, 2.45) is 0 Å². The number of aliphatic carboxylic acids is 2. The number of carbonyl (C=O) groups is 5. The smallest absolute Gasteiger partial charge is 0.310 e. The maximum atomic E-state index is 11.2. The first kappa shape index (κ1) is 39.6. The fraction of sp³-hybridized carbons (Fsp3) is 0.528. The zero-order valence-electron chi connectivity index (χ0n) is 29.3. The quantitative estimate of drug-likeness (QED) is 0.171. The van der Waals surface area contributed by atoms with Crippen LogP contribution in [0.2, 0.25) is 0 Å². The Morgan fingerprint density at radius 1 is 0.688 bits per heavy atom. The van der Waals surface area contributed by atoms with E-state index < -0.39 is 35.1 Å². The highest BCUT2D eigenvalue weighted by Gasteiger charge is 2.35. The van der Waals surface area contributed by atoms with Gasteiger partial charge < -0.3 is 34.3 Å². The summed E-state index contributed by atoms with van der Waals surface area (Å²) in [5.74, 6) is -0.592. The van der Waals surface area contributed by atoms with Crippen molar-refractivity contribution in [3.8, 4) is 23.0 Å². The topological polar surface area (TPSA) is 183 Å². The van der Waals surface area contributed by atoms with Crippen molar-refractivity contribution in [1.29, 1.82) is 0 Å². The van der Waals surface area contributed by atoms with Crippen LogP contribution in [-0.2, 0) is 41.6 Å². The van der Waals surface area contributed by atoms with E-state index in [1.807, 2.05) is 47.6 Å². The molecule has 0 saturated carbocycles. The monoisotopic (exact) mass is 672 g/mol. The molecule has 0 amide bonds. The Morgan fingerprint density at radius 2 is 1.10 bits per heavy atom. The molecule has 48 heavy (non-hydrogen) atoms. The number of aryl methyl sites for hydroxylation is 2. The third-order valence-corrected chi connectivity index (χ3v) is 8.58. The molecule has 2 aliphatic rings. The van der Waals surface area contributed by atoms with Crippen molar-refractivity contribution in [1.82, 2.24) is 0 Å². The third kappa shape index (κ3) is 11.3. The molecule has 12 heteroatoms. The Balaban J connectivity index is 0.000000281. The minimum Gasteiger partial charge on any atom is -0.508 e. The standard InChI is InChI=1S/C17H22O5.C15H20O4.C4H6O3/c1-10-11(2)16-13(9-14(10)21-12(3)18)5-7-17(4,22-16)8-6-15(19)20;1-9-10(2)14-11(8-12(9)16)4-6-15(3,19-14)7-5-13(17)18;1-3(5)7-4(2)6/h9H,5-8H2,1-4H3,(H,19,20);8,16H,4-7H2,1-3H3,(H,17,18);1-2H3. The number of benzene rings is 2. The van der Waals surface area contributed by atoms with Crippen molar-refractivity contribution in [3.05, 3.63) is 45.5 Å². The van der Waals surface area contributed by atoms with E-state index in [9.17, 15) is 29.1 Å². The molecular formula is C36H48O12. The summed E-state index contributed by atoms with van der Waals surface area (Å²) in [5, 5.41) is 27.5. The second-order valence-electron chi connectivity index (χ2n) is 12.8. The normalized spacial score (nSPS) is 18.9. The number of fused-ring (bicyclic) bond motifs is 2. The van der Waals surface area contributed by atoms with Crippen LogP contribution in [0.25, 0.3) is 0 Å². The highest BCUT2D eigenvalue weighted by Crippen LogP contribution is 2.43. The van der Waals surface area contributed by atoms with Gasteiger partial charge in [-0.15, -0.1) is 0 Å². The first-order chi connectivity index (χ1) is 22.2. The van der Waals surface area contributed by atoms with Gasteiger partial charge in [-0.05, 0) is 126 Å². The summed E-state index contributed by atoms with van der Waals surface area (Å²) < 4.78 is 21.4. The maximum Gasteiger partial charge on any atom is 0.310 e. The number of carboxylic acid groups (broad SMARTS) is 2. The minimum absolute atomic E-state index is 0.0927. The van der Waals surface area contributed by atoms with Gasteiger partial charge in [0, 0.05) is 33.6 Å². The van der Waals surface area contributed by atoms with E-state index in [0.717, 1.165) is 70.6 Å². The zero-order valence-corrected chi connectivity index (χ0v) is 29.3. The lowest BCUT2D eigenvalue weighted by atomic mass is 9.87. The predicted octanol–water partition coefficient (Wildman–Crippen LogP) is 6.23. The number of esters is 3. The summed E-state index contributed by atoms with van der Waals surface area (Å²) in [6.07, 6.45) is 4.29. The lowest BCUT2D eigenvalue weighted by molar-refractivity contribution is -0.156. The molecule has 0 bridgehead atoms. The van der Waals surface area contributed by atoms with Crippen molar-refractivity contribution in [2.45, 2.75) is 125 Å². The molecule has 0 spiro atoms. The van der Waals surface area contributed by atoms with Gasteiger partial charge in [0.25, 0.3) is 0 Å². The molecule has 12 nitrogen and oxygen atoms in total. The number of phenolic OH excluding ortho intramolecular Hbond substituents is 1. The van der Waals surface area contributed by atoms with Crippen molar-refractivity contribution in [3.63, 3.8) is 0 Å². The molecule has 4 rings (SSSR count). The van der Waals surface area contributed by atoms with Crippen molar-refractivity contribution in [2.75, 3.05) is 0 Å². The lowest BCUT2D eigenvalue weighted by Crippen LogP contribution is -2.37. The number of rotatable bonds is 7. The Bertz CT molecular complexity index is 1550. The van der Waals surface area contributed by atoms with Crippen LogP contribution in [0, 0.1) is 27.7 Å². The fourth-order valence-corrected chi connectivity index (χ4v) is 5.48. The second-order valence-corrected chi connectivity index (χ2v) is 12.8. The molecule has 0 aromatic heterocycles. The molecule has 3 N–H and O–H groups in total. The average Bonchev–Trinajstić information content (AvgIpc) is 2.98. The van der Waals surface area contributed by atoms with Crippen LogP contribution in [0.3, 0.4) is 0 Å². The van der Waals surface area contributed by atoms with Gasteiger partial charge in [0.1, 0.15) is 34.2 Å². The van der Waals surface area contributed by atoms with Gasteiger partial charge in [-0.3, -0.25) is 24.0 Å². The van der Waals surface area contributed by atoms with Crippen LogP contribution < -0.4 is 14.2 Å². The number of ether oxygens (including phenoxy) is 4. The summed E-state index contributed by atoms with van der Waals surface area (Å²) >= 11 is 0. The van der Waals surface area contributed by atoms with Gasteiger partial charge >= 0.3 is 29.8 Å². The highest BCUT2D eigenvalue weighted by atomic mass is 16.6. The van der Waals surface area contributed by atoms with E-state index in [4.69, 9.17) is 24.4 Å². The summed E-state index contributed by atoms with van der Waals surface area (Å²) in [6, 6.07) is 3.62. The molecule has 2 aliphatic heterocycles. The number of phenols is 1. The first-order valence-electron chi connectivity index (χ1n) is 15.8. The van der Waals surface area contributed by atoms with Crippen LogP contribution in [0.15, 0.2) is 12.1 Å². The van der Waals surface area contributed by atoms with Crippen LogP contribution in [0.5, 0.6) is 23.0 Å². The average molecular weight is 673 g/mol. The molecule has 0 radical (unpaired) electrons. The summed E-state index contributed by atoms with van der Waals surface area (Å²) in [7, 11) is 0. The van der Waals surface area contributed by atoms with E-state index in [1.165, 1.54) is 20.8 Å². The third-order valence-electron chi connectivity index (χ3n) is 8.58. The predicted molar refractivity (Wildman–Crippen MR) is 176 cm³/mol. The largest absolute Gasteiger partial charge is 0.508 e. The van der Waals surface area contributed by atoms with Gasteiger partial charge in [-0.2, -0.15) is 0 Å². The van der Waals surface area contributed by atoms with E-state index in [-0.39, 0.29) is 18.8 Å². The molecular weight excluding hydrogens is 624 g/mol. The number of hydrogen-bond acceptors (Lipinski definition) is 10. The van der Waals surface area contributed by atoms with Crippen LogP contribution in [-0.4, -0.2) is 56.4 Å². The van der Waals surface area contributed by atoms with Gasteiger partial charge in [-0.25, -0.2) is 0 Å². The van der Waals surface area contributed by atoms with Gasteiger partial charge in [0.2, 0.25) is 0 Å². The van der Waals surface area contributed by atoms with Crippen molar-refractivity contribution >= 4 is 29.8 Å². The second kappa shape index (κ2) is 16.5. The Kier molecular flexibility index (Phi) is 13.6. The van der Waals surface area contributed by atoms with E-state index in [1.54, 1.807) is 6.07 Å². The van der Waals surface area contributed by atoms with Crippen LogP contribution >= 0.6 is 0 Å². The lowest BCUT2D eigenvalue weighted by Gasteiger charge is -2.37. The Hall–Kier alpha value is -4.61. The molecule has 0 saturated heterocycles. The fourth-order valence-electron chi connectivity index (χ4n) is 5.48. The van der Waals surface area contributed by atoms with Crippen LogP contribution in [0.4, 0.5) is 0 Å². The molecule has 2 aromatic rings. The number of aromatic hydroxyl groups is 1. The number of carboxylic acids is 2. The summed E-state index contributed by atoms with van der Waals surface area (Å²) in [4.78, 5) is 52.3. The molecule has 0 aliphatic carbocycles. The maximum absolute atomic E-state index is 11.2. The number of hydrogen-bond donors (Lipinski definition) is 3. The van der Waals surface area contributed by atoms with E-state index in [2.05, 4.69) is 4.74 Å². The first-order valence-corrected chi connectivity index (χ1v) is 15.8. The summed E-state index contributed by atoms with van der Waals surface area (Å²) in [6.45, 7) is 15.3. The van der Waals surface area contributed by atoms with E-state index in [0.29, 0.717) is 24.3 Å². The molecule has 2 heterocycles. The molecule has 2 atom stereocenters. The van der Waals surface area contributed by atoms with Gasteiger partial charge in [-0.1, -0.05) is 0 Å². The van der Waals surface area contributed by atoms with Crippen molar-refractivity contribution < 1.29 is 58.2 Å². The minimum atomic E-state index is -0.811. The molecule has 2 unspecified atom stereocenters. The molecule has 0 fully saturated rings. The Morgan fingerprint density at radius 3 is 1.48 bits per heavy atom. The Labute approximate surface area is 281 Å². The van der Waals surface area contributed by atoms with Gasteiger partial charge in [0.15, 0.2) is 0 Å². The SMILES string of the molecule is CC(=O)OC(C)=O.CC(=O)Oc1cc2c(c(C)c1C)OC(C)(CCC(=O)O)CC2.Cc1c(O)cc2c(c1C)OC(C)(CCC(=O)O)CC2. The highest BCUT2D eigenvalue weighted by molar-refractivity contribution is 5.82.